The van der Waals surface area contributed by atoms with Crippen LogP contribution in [0.2, 0.25) is 0 Å². The zero-order valence-corrected chi connectivity index (χ0v) is 82.6. The summed E-state index contributed by atoms with van der Waals surface area (Å²) in [5.74, 6) is 0.817. The van der Waals surface area contributed by atoms with Gasteiger partial charge in [0, 0.05) is 74.7 Å². The zero-order valence-electron chi connectivity index (χ0n) is 82.6. The molecule has 136 heavy (non-hydrogen) atoms. The van der Waals surface area contributed by atoms with E-state index in [1.54, 1.807) is 58.3 Å². The number of phenols is 12. The number of rotatable bonds is 38. The minimum atomic E-state index is -0.327. The molecule has 4 unspecified atom stereocenters. The Morgan fingerprint density at radius 3 is 0.846 bits per heavy atom. The minimum absolute atomic E-state index is 0.0711. The Hall–Kier alpha value is -13.1. The van der Waals surface area contributed by atoms with Gasteiger partial charge in [0.05, 0.1) is 67.8 Å². The molecule has 0 aromatic heterocycles. The summed E-state index contributed by atoms with van der Waals surface area (Å²) >= 11 is 0. The molecular weight excluding hydrogens is 1710 g/mol. The molecule has 0 radical (unpaired) electrons. The van der Waals surface area contributed by atoms with Crippen LogP contribution in [0.4, 0.5) is 68.2 Å². The number of hydrogen-bond acceptors (Lipinski definition) is 20. The van der Waals surface area contributed by atoms with Crippen LogP contribution in [0, 0.1) is 35.5 Å². The van der Waals surface area contributed by atoms with E-state index in [-0.39, 0.29) is 140 Å². The second kappa shape index (κ2) is 51.0. The van der Waals surface area contributed by atoms with Crippen LogP contribution in [0.25, 0.3) is 0 Å². The number of para-hydroxylation sites is 4. The maximum absolute atomic E-state index is 13.4. The quantitative estimate of drug-likeness (QED) is 0.00971. The van der Waals surface area contributed by atoms with Gasteiger partial charge >= 0.3 is 0 Å². The fourth-order valence-electron chi connectivity index (χ4n) is 17.3. The maximum atomic E-state index is 13.4. The number of carbonyl (C=O) groups excluding carboxylic acids is 4. The number of anilines is 12. The van der Waals surface area contributed by atoms with Crippen LogP contribution < -0.4 is 40.9 Å². The molecule has 0 spiro atoms. The first-order chi connectivity index (χ1) is 64.7. The van der Waals surface area contributed by atoms with Gasteiger partial charge < -0.3 is 102 Å². The molecule has 4 amide bonds. The summed E-state index contributed by atoms with van der Waals surface area (Å²) in [7, 11) is 0. The monoisotopic (exact) mass is 1860 g/mol. The Morgan fingerprint density at radius 2 is 0.529 bits per heavy atom. The number of benzene rings is 8. The van der Waals surface area contributed by atoms with Crippen LogP contribution in [0.5, 0.6) is 69.0 Å². The highest BCUT2D eigenvalue weighted by atomic mass is 16.3. The Labute approximate surface area is 804 Å². The van der Waals surface area contributed by atoms with E-state index < -0.39 is 0 Å². The van der Waals surface area contributed by atoms with Gasteiger partial charge in [0.2, 0.25) is 0 Å². The van der Waals surface area contributed by atoms with Gasteiger partial charge in [-0.3, -0.25) is 19.2 Å². The van der Waals surface area contributed by atoms with E-state index in [9.17, 15) is 80.5 Å². The fraction of sp³-hybridized carbons (Fsp3) is 0.429. The Balaban J connectivity index is 0.000000203. The molecule has 4 heterocycles. The second-order valence-electron chi connectivity index (χ2n) is 38.9. The number of amides is 4. The van der Waals surface area contributed by atoms with Crippen molar-refractivity contribution in [2.24, 2.45) is 35.5 Å². The van der Waals surface area contributed by atoms with Crippen molar-refractivity contribution in [2.45, 2.75) is 252 Å². The first-order valence-electron chi connectivity index (χ1n) is 48.4. The first kappa shape index (κ1) is 107. The van der Waals surface area contributed by atoms with Gasteiger partial charge in [-0.1, -0.05) is 188 Å². The fourth-order valence-corrected chi connectivity index (χ4v) is 17.3. The van der Waals surface area contributed by atoms with Gasteiger partial charge in [0.1, 0.15) is 91.7 Å². The predicted molar refractivity (Wildman–Crippen MR) is 553 cm³/mol. The van der Waals surface area contributed by atoms with E-state index in [0.717, 1.165) is 114 Å². The van der Waals surface area contributed by atoms with Crippen molar-refractivity contribution in [3.05, 3.63) is 213 Å². The molecule has 12 rings (SSSR count). The summed E-state index contributed by atoms with van der Waals surface area (Å²) < 4.78 is 0. The number of phenolic OH excluding ortho intramolecular Hbond substituents is 12. The molecule has 0 aliphatic carbocycles. The van der Waals surface area contributed by atoms with Crippen molar-refractivity contribution < 1.29 is 80.5 Å². The van der Waals surface area contributed by atoms with E-state index in [1.165, 1.54) is 155 Å². The molecule has 0 fully saturated rings. The molecule has 4 aliphatic heterocycles. The number of aromatic hydroxyl groups is 12. The Morgan fingerprint density at radius 1 is 0.272 bits per heavy atom. The lowest BCUT2D eigenvalue weighted by molar-refractivity contribution is 0.0979. The third kappa shape index (κ3) is 30.4. The first-order valence-corrected chi connectivity index (χ1v) is 48.4. The average Bonchev–Trinajstić information content (AvgIpc) is 1.64. The average molecular weight is 1860 g/mol. The van der Waals surface area contributed by atoms with Gasteiger partial charge in [0.25, 0.3) is 23.6 Å². The summed E-state index contributed by atoms with van der Waals surface area (Å²) in [5.41, 5.74) is 12.8. The number of nitrogens with zero attached hydrogens (tertiary/aromatic N) is 4. The lowest BCUT2D eigenvalue weighted by Gasteiger charge is -2.25. The highest BCUT2D eigenvalue weighted by Crippen LogP contribution is 2.52. The molecule has 0 saturated heterocycles. The van der Waals surface area contributed by atoms with Gasteiger partial charge in [0.15, 0.2) is 0 Å². The summed E-state index contributed by atoms with van der Waals surface area (Å²) in [5, 5.41) is 135. The lowest BCUT2D eigenvalue weighted by Crippen LogP contribution is -2.32. The van der Waals surface area contributed by atoms with Crippen LogP contribution in [0.3, 0.4) is 0 Å². The molecule has 0 bridgehead atoms. The van der Waals surface area contributed by atoms with Crippen molar-refractivity contribution in [3.8, 4) is 69.0 Å². The molecule has 4 aliphatic rings. The van der Waals surface area contributed by atoms with Gasteiger partial charge in [-0.25, -0.2) is 0 Å². The van der Waals surface area contributed by atoms with Crippen LogP contribution >= 0.6 is 0 Å². The van der Waals surface area contributed by atoms with E-state index in [1.807, 2.05) is 19.1 Å². The smallest absolute Gasteiger partial charge is 0.260 e. The highest BCUT2D eigenvalue weighted by molar-refractivity contribution is 6.18. The summed E-state index contributed by atoms with van der Waals surface area (Å²) in [6, 6.07) is 29.7. The van der Waals surface area contributed by atoms with Crippen LogP contribution in [0.15, 0.2) is 191 Å². The van der Waals surface area contributed by atoms with Crippen molar-refractivity contribution in [1.82, 2.24) is 0 Å². The molecule has 24 nitrogen and oxygen atoms in total. The molecule has 732 valence electrons. The molecule has 16 N–H and O–H groups in total. The van der Waals surface area contributed by atoms with E-state index >= 15 is 0 Å². The summed E-state index contributed by atoms with van der Waals surface area (Å²) in [6.07, 6.45) is 37.2. The van der Waals surface area contributed by atoms with Crippen molar-refractivity contribution in [1.29, 1.82) is 0 Å². The van der Waals surface area contributed by atoms with Gasteiger partial charge in [-0.15, -0.1) is 0 Å². The highest BCUT2D eigenvalue weighted by Gasteiger charge is 2.36. The third-order valence-corrected chi connectivity index (χ3v) is 25.5. The Kier molecular flexibility index (Phi) is 40.0. The number of fused-ring (bicyclic) bond motifs is 8. The molecule has 8 aromatic carbocycles. The van der Waals surface area contributed by atoms with E-state index in [2.05, 4.69) is 149 Å². The lowest BCUT2D eigenvalue weighted by atomic mass is 9.93. The van der Waals surface area contributed by atoms with E-state index in [4.69, 9.17) is 0 Å². The summed E-state index contributed by atoms with van der Waals surface area (Å²) in [6.45, 7) is 36.5. The van der Waals surface area contributed by atoms with Crippen LogP contribution in [0.1, 0.15) is 293 Å². The summed E-state index contributed by atoms with van der Waals surface area (Å²) in [4.78, 5) is 59.9. The minimum Gasteiger partial charge on any atom is -0.508 e. The van der Waals surface area contributed by atoms with Gasteiger partial charge in [-0.2, -0.15) is 0 Å². The molecule has 8 aromatic rings. The number of carbonyl (C=O) groups is 4. The van der Waals surface area contributed by atoms with Gasteiger partial charge in [-0.05, 0) is 242 Å². The zero-order chi connectivity index (χ0) is 99.3. The van der Waals surface area contributed by atoms with Crippen LogP contribution in [-0.4, -0.2) is 111 Å². The SMILES string of the molecule is C/C(=C\CCC(C)CCN1C(=O)c2cccc(O)c2Nc2c(O)cc(O)cc21)CCCC(C)C.C/C(=C\CN1C(=O)c2cccc(O)c2Nc2c(O)cc(O)cc21)CC/C=C(\C)CCCC(C)C.CC(C)=CCCC(C)CCC/C(C)=C/CN1C(=O)c2cccc(O)c2Nc2c(O)cc(O)cc21.CC(C)=CCCC(C)CCCC(C)CCN1C(=O)c2cccc(O)c2Nc2c(O)cc(O)cc21. The van der Waals surface area contributed by atoms with Crippen molar-refractivity contribution in [3.63, 3.8) is 0 Å². The second-order valence-corrected chi connectivity index (χ2v) is 38.9. The molecule has 4 atom stereocenters. The molecular formula is C112H148N8O16. The molecule has 24 heteroatoms. The number of allylic oxidation sites excluding steroid dienone is 10. The Bertz CT molecular complexity index is 5660. The van der Waals surface area contributed by atoms with E-state index in [0.29, 0.717) is 93.1 Å². The predicted octanol–water partition coefficient (Wildman–Crippen LogP) is 28.2. The standard InChI is InChI=1S/2C28H38N2O4.2C28H36N2O4/c4*1-18(2)8-5-9-19(3)10-6-11-20(4)14-15-30-23-16-21(31)17-25(33)27(23)29-26-22(28(30)34)12-7-13-24(26)32/h7,10,12-13,16-18,20,29,31-33H,5-6,8-9,11,14-15H2,1-4H3;7-8,12-13,16-17,19-20,29,31-33H,5-6,9-11,14-15H2,1-4H3;7,10,12-14,16-18,29,31-33H,5-6,8-9,11,15H2,1-4H3;7-8,12-14,16-17,19,29,31-33H,5-6,9-11,15H2,1-4H3/b19-10+;;19-10+,20-14+;20-14+. The van der Waals surface area contributed by atoms with Crippen molar-refractivity contribution >= 4 is 91.9 Å². The van der Waals surface area contributed by atoms with Crippen LogP contribution in [-0.2, 0) is 0 Å². The molecule has 0 saturated carbocycles. The normalized spacial score (nSPS) is 14.2. The largest absolute Gasteiger partial charge is 0.508 e. The topological polar surface area (TPSA) is 372 Å². The van der Waals surface area contributed by atoms with Crippen molar-refractivity contribution in [2.75, 3.05) is 67.0 Å². The maximum Gasteiger partial charge on any atom is 0.260 e. The number of hydrogen-bond donors (Lipinski definition) is 16. The third-order valence-electron chi connectivity index (χ3n) is 25.5. The number of nitrogens with one attached hydrogen (secondary N) is 4.